The van der Waals surface area contributed by atoms with Crippen LogP contribution in [0, 0.1) is 5.82 Å². The zero-order valence-electron chi connectivity index (χ0n) is 11.2. The van der Waals surface area contributed by atoms with Crippen molar-refractivity contribution in [1.29, 1.82) is 0 Å². The fraction of sp³-hybridized carbons (Fsp3) is 0.0667. The second kappa shape index (κ2) is 6.37. The van der Waals surface area contributed by atoms with Crippen LogP contribution in [0.2, 0.25) is 5.02 Å². The quantitative estimate of drug-likeness (QED) is 0.720. The number of carbonyl (C=O) groups is 1. The number of hydrogen-bond donors (Lipinski definition) is 1. The van der Waals surface area contributed by atoms with Gasteiger partial charge in [0.2, 0.25) is 5.91 Å². The number of rotatable bonds is 4. The minimum Gasteiger partial charge on any atom is -0.431 e. The van der Waals surface area contributed by atoms with E-state index in [-0.39, 0.29) is 22.4 Å². The molecule has 4 nitrogen and oxygen atoms in total. The minimum atomic E-state index is -0.649. The molecule has 1 amide bonds. The highest BCUT2D eigenvalue weighted by molar-refractivity contribution is 7.99. The van der Waals surface area contributed by atoms with E-state index in [2.05, 4.69) is 10.3 Å². The van der Waals surface area contributed by atoms with Crippen molar-refractivity contribution >= 4 is 46.1 Å². The van der Waals surface area contributed by atoms with Gasteiger partial charge in [-0.1, -0.05) is 41.6 Å². The van der Waals surface area contributed by atoms with Crippen LogP contribution < -0.4 is 5.32 Å². The first-order valence-electron chi connectivity index (χ1n) is 6.36. The first-order chi connectivity index (χ1) is 10.6. The van der Waals surface area contributed by atoms with Crippen LogP contribution >= 0.6 is 23.4 Å². The first kappa shape index (κ1) is 14.9. The number of para-hydroxylation sites is 2. The van der Waals surface area contributed by atoms with Gasteiger partial charge in [-0.3, -0.25) is 4.79 Å². The van der Waals surface area contributed by atoms with E-state index in [1.807, 2.05) is 18.2 Å². The molecule has 0 unspecified atom stereocenters. The van der Waals surface area contributed by atoms with E-state index < -0.39 is 5.82 Å². The monoisotopic (exact) mass is 336 g/mol. The molecule has 1 N–H and O–H groups in total. The van der Waals surface area contributed by atoms with Gasteiger partial charge in [0, 0.05) is 0 Å². The Morgan fingerprint density at radius 3 is 2.91 bits per heavy atom. The van der Waals surface area contributed by atoms with Gasteiger partial charge in [0.05, 0.1) is 16.5 Å². The van der Waals surface area contributed by atoms with Gasteiger partial charge in [-0.05, 0) is 24.3 Å². The highest BCUT2D eigenvalue weighted by Crippen LogP contribution is 2.24. The molecule has 7 heteroatoms. The molecule has 0 saturated heterocycles. The molecule has 0 radical (unpaired) electrons. The molecule has 0 bridgehead atoms. The molecular formula is C15H10ClFN2O2S. The van der Waals surface area contributed by atoms with E-state index in [0.717, 1.165) is 17.3 Å². The summed E-state index contributed by atoms with van der Waals surface area (Å²) in [4.78, 5) is 16.1. The van der Waals surface area contributed by atoms with Gasteiger partial charge in [0.25, 0.3) is 5.22 Å². The molecule has 0 aliphatic carbocycles. The van der Waals surface area contributed by atoms with Gasteiger partial charge >= 0.3 is 0 Å². The van der Waals surface area contributed by atoms with Crippen LogP contribution in [-0.2, 0) is 4.79 Å². The largest absolute Gasteiger partial charge is 0.431 e. The number of thioether (sulfide) groups is 1. The molecule has 1 aromatic heterocycles. The Kier molecular flexibility index (Phi) is 4.31. The highest BCUT2D eigenvalue weighted by atomic mass is 35.5. The van der Waals surface area contributed by atoms with Crippen molar-refractivity contribution < 1.29 is 13.6 Å². The smallest absolute Gasteiger partial charge is 0.257 e. The van der Waals surface area contributed by atoms with Crippen LogP contribution in [0.4, 0.5) is 10.1 Å². The van der Waals surface area contributed by atoms with E-state index in [4.69, 9.17) is 16.0 Å². The van der Waals surface area contributed by atoms with Gasteiger partial charge in [0.15, 0.2) is 11.4 Å². The predicted octanol–water partition coefficient (Wildman–Crippen LogP) is 4.35. The standard InChI is InChI=1S/C15H10ClFN2O2S/c16-9-4-3-6-11(14(9)17)18-13(20)8-22-15-19-10-5-1-2-7-12(10)21-15/h1-7H,8H2,(H,18,20). The third-order valence-electron chi connectivity index (χ3n) is 2.83. The lowest BCUT2D eigenvalue weighted by Gasteiger charge is -2.06. The van der Waals surface area contributed by atoms with Gasteiger partial charge in [-0.2, -0.15) is 0 Å². The van der Waals surface area contributed by atoms with Gasteiger partial charge in [-0.25, -0.2) is 9.37 Å². The fourth-order valence-corrected chi connectivity index (χ4v) is 2.64. The number of amides is 1. The molecule has 0 aliphatic heterocycles. The second-order valence-corrected chi connectivity index (χ2v) is 5.72. The maximum absolute atomic E-state index is 13.7. The van der Waals surface area contributed by atoms with Crippen molar-refractivity contribution in [3.05, 3.63) is 53.3 Å². The van der Waals surface area contributed by atoms with Crippen molar-refractivity contribution in [3.63, 3.8) is 0 Å². The lowest BCUT2D eigenvalue weighted by Crippen LogP contribution is -2.15. The van der Waals surface area contributed by atoms with E-state index in [0.29, 0.717) is 10.8 Å². The van der Waals surface area contributed by atoms with Crippen LogP contribution in [0.15, 0.2) is 52.1 Å². The predicted molar refractivity (Wildman–Crippen MR) is 84.8 cm³/mol. The molecule has 0 aliphatic rings. The topological polar surface area (TPSA) is 55.1 Å². The average Bonchev–Trinajstić information content (AvgIpc) is 2.93. The summed E-state index contributed by atoms with van der Waals surface area (Å²) in [6.45, 7) is 0. The van der Waals surface area contributed by atoms with E-state index in [1.165, 1.54) is 12.1 Å². The number of aromatic nitrogens is 1. The maximum atomic E-state index is 13.7. The summed E-state index contributed by atoms with van der Waals surface area (Å²) in [5, 5.41) is 2.82. The van der Waals surface area contributed by atoms with Crippen LogP contribution in [0.25, 0.3) is 11.1 Å². The van der Waals surface area contributed by atoms with E-state index in [9.17, 15) is 9.18 Å². The SMILES string of the molecule is O=C(CSc1nc2ccccc2o1)Nc1cccc(Cl)c1F. The zero-order valence-corrected chi connectivity index (χ0v) is 12.7. The first-order valence-corrected chi connectivity index (χ1v) is 7.72. The number of anilines is 1. The van der Waals surface area contributed by atoms with Crippen molar-refractivity contribution in [2.75, 3.05) is 11.1 Å². The molecule has 1 heterocycles. The average molecular weight is 337 g/mol. The molecular weight excluding hydrogens is 327 g/mol. The molecule has 0 fully saturated rings. The summed E-state index contributed by atoms with van der Waals surface area (Å²) >= 11 is 6.80. The number of carbonyl (C=O) groups excluding carboxylic acids is 1. The Morgan fingerprint density at radius 1 is 1.27 bits per heavy atom. The molecule has 0 saturated carbocycles. The summed E-state index contributed by atoms with van der Waals surface area (Å²) in [7, 11) is 0. The third-order valence-corrected chi connectivity index (χ3v) is 3.95. The normalized spacial score (nSPS) is 10.8. The number of halogens is 2. The Balaban J connectivity index is 1.63. The van der Waals surface area contributed by atoms with Crippen LogP contribution in [0.5, 0.6) is 0 Å². The Hall–Kier alpha value is -2.05. The highest BCUT2D eigenvalue weighted by Gasteiger charge is 2.12. The van der Waals surface area contributed by atoms with Crippen molar-refractivity contribution in [1.82, 2.24) is 4.98 Å². The van der Waals surface area contributed by atoms with Crippen LogP contribution in [0.3, 0.4) is 0 Å². The number of nitrogens with one attached hydrogen (secondary N) is 1. The Bertz CT molecular complexity index is 804. The van der Waals surface area contributed by atoms with Gasteiger partial charge in [-0.15, -0.1) is 0 Å². The number of benzene rings is 2. The van der Waals surface area contributed by atoms with Gasteiger partial charge < -0.3 is 9.73 Å². The number of hydrogen-bond acceptors (Lipinski definition) is 4. The van der Waals surface area contributed by atoms with Crippen molar-refractivity contribution in [2.45, 2.75) is 5.22 Å². The molecule has 0 atom stereocenters. The zero-order chi connectivity index (χ0) is 15.5. The Labute approximate surface area is 134 Å². The van der Waals surface area contributed by atoms with E-state index >= 15 is 0 Å². The van der Waals surface area contributed by atoms with Crippen LogP contribution in [-0.4, -0.2) is 16.6 Å². The number of oxazole rings is 1. The van der Waals surface area contributed by atoms with E-state index in [1.54, 1.807) is 12.1 Å². The number of fused-ring (bicyclic) bond motifs is 1. The summed E-state index contributed by atoms with van der Waals surface area (Å²) in [6, 6.07) is 11.8. The summed E-state index contributed by atoms with van der Waals surface area (Å²) in [6.07, 6.45) is 0. The molecule has 3 rings (SSSR count). The fourth-order valence-electron chi connectivity index (χ4n) is 1.83. The molecule has 22 heavy (non-hydrogen) atoms. The molecule has 0 spiro atoms. The van der Waals surface area contributed by atoms with Crippen molar-refractivity contribution in [3.8, 4) is 0 Å². The lowest BCUT2D eigenvalue weighted by molar-refractivity contribution is -0.113. The third kappa shape index (κ3) is 3.23. The lowest BCUT2D eigenvalue weighted by atomic mass is 10.3. The summed E-state index contributed by atoms with van der Waals surface area (Å²) in [5.74, 6) is -0.962. The summed E-state index contributed by atoms with van der Waals surface area (Å²) < 4.78 is 19.2. The minimum absolute atomic E-state index is 0.0376. The summed E-state index contributed by atoms with van der Waals surface area (Å²) in [5.41, 5.74) is 1.44. The molecule has 2 aromatic carbocycles. The maximum Gasteiger partial charge on any atom is 0.257 e. The van der Waals surface area contributed by atoms with Gasteiger partial charge in [0.1, 0.15) is 5.52 Å². The molecule has 112 valence electrons. The number of nitrogens with zero attached hydrogens (tertiary/aromatic N) is 1. The van der Waals surface area contributed by atoms with Crippen LogP contribution in [0.1, 0.15) is 0 Å². The second-order valence-electron chi connectivity index (χ2n) is 4.39. The van der Waals surface area contributed by atoms with Crippen molar-refractivity contribution in [2.24, 2.45) is 0 Å². The molecule has 3 aromatic rings. The Morgan fingerprint density at radius 2 is 2.09 bits per heavy atom.